The van der Waals surface area contributed by atoms with E-state index < -0.39 is 34.3 Å². The number of ether oxygens (including phenoxy) is 4. The van der Waals surface area contributed by atoms with E-state index in [9.17, 15) is 8.42 Å². The summed E-state index contributed by atoms with van der Waals surface area (Å²) in [6, 6.07) is 36.3. The number of benzene rings is 4. The fourth-order valence-corrected chi connectivity index (χ4v) is 5.95. The molecule has 0 spiro atoms. The van der Waals surface area contributed by atoms with Gasteiger partial charge in [-0.15, -0.1) is 0 Å². The summed E-state index contributed by atoms with van der Waals surface area (Å²) in [5.74, 6) is -0.407. The molecule has 0 radical (unpaired) electrons. The molecule has 43 heavy (non-hydrogen) atoms. The van der Waals surface area contributed by atoms with Crippen molar-refractivity contribution in [3.63, 3.8) is 0 Å². The molecule has 1 aliphatic rings. The second kappa shape index (κ2) is 15.4. The van der Waals surface area contributed by atoms with Gasteiger partial charge in [0.05, 0.1) is 50.6 Å². The molecule has 226 valence electrons. The monoisotopic (exact) mass is 602 g/mol. The molecule has 4 atom stereocenters. The molecule has 7 nitrogen and oxygen atoms in total. The average molecular weight is 603 g/mol. The number of hydrogen-bond donors (Lipinski definition) is 0. The Labute approximate surface area is 254 Å². The van der Waals surface area contributed by atoms with E-state index in [4.69, 9.17) is 23.1 Å². The number of aryl methyl sites for hydroxylation is 1. The molecule has 0 N–H and O–H groups in total. The summed E-state index contributed by atoms with van der Waals surface area (Å²) < 4.78 is 57.1. The van der Waals surface area contributed by atoms with Crippen LogP contribution in [0.2, 0.25) is 0 Å². The van der Waals surface area contributed by atoms with Gasteiger partial charge in [-0.1, -0.05) is 109 Å². The summed E-state index contributed by atoms with van der Waals surface area (Å²) in [4.78, 5) is 0.112. The zero-order valence-corrected chi connectivity index (χ0v) is 25.1. The van der Waals surface area contributed by atoms with Crippen molar-refractivity contribution in [3.8, 4) is 0 Å². The predicted molar refractivity (Wildman–Crippen MR) is 164 cm³/mol. The van der Waals surface area contributed by atoms with E-state index in [-0.39, 0.29) is 24.7 Å². The summed E-state index contributed by atoms with van der Waals surface area (Å²) >= 11 is 0. The maximum absolute atomic E-state index is 13.0. The zero-order chi connectivity index (χ0) is 29.9. The van der Waals surface area contributed by atoms with Crippen molar-refractivity contribution in [1.82, 2.24) is 0 Å². The molecule has 0 bridgehead atoms. The van der Waals surface area contributed by atoms with Crippen molar-refractivity contribution in [1.29, 1.82) is 0 Å². The van der Waals surface area contributed by atoms with Gasteiger partial charge < -0.3 is 18.9 Å². The lowest BCUT2D eigenvalue weighted by Gasteiger charge is -2.42. The van der Waals surface area contributed by atoms with Gasteiger partial charge in [-0.3, -0.25) is 4.18 Å². The summed E-state index contributed by atoms with van der Waals surface area (Å²) in [6.07, 6.45) is -1.49. The van der Waals surface area contributed by atoms with Crippen molar-refractivity contribution >= 4 is 10.1 Å². The van der Waals surface area contributed by atoms with E-state index in [2.05, 4.69) is 0 Å². The van der Waals surface area contributed by atoms with Crippen LogP contribution in [0.1, 0.15) is 22.3 Å². The molecule has 1 saturated heterocycles. The number of hydrogen-bond acceptors (Lipinski definition) is 7. The van der Waals surface area contributed by atoms with Crippen LogP contribution in [0.4, 0.5) is 0 Å². The lowest BCUT2D eigenvalue weighted by Crippen LogP contribution is -2.55. The largest absolute Gasteiger partial charge is 0.374 e. The third-order valence-corrected chi connectivity index (χ3v) is 8.69. The fourth-order valence-electron chi connectivity index (χ4n) is 4.99. The van der Waals surface area contributed by atoms with Crippen LogP contribution in [0.25, 0.3) is 0 Å². The highest BCUT2D eigenvalue weighted by Gasteiger charge is 2.43. The second-order valence-corrected chi connectivity index (χ2v) is 12.3. The van der Waals surface area contributed by atoms with Gasteiger partial charge in [0.2, 0.25) is 0 Å². The minimum atomic E-state index is -3.97. The van der Waals surface area contributed by atoms with Gasteiger partial charge in [0.15, 0.2) is 0 Å². The first-order valence-corrected chi connectivity index (χ1v) is 15.9. The van der Waals surface area contributed by atoms with Crippen LogP contribution in [-0.4, -0.2) is 46.6 Å². The molecule has 0 amide bonds. The smallest absolute Gasteiger partial charge is 0.296 e. The molecule has 0 unspecified atom stereocenters. The minimum Gasteiger partial charge on any atom is -0.374 e. The third kappa shape index (κ3) is 9.06. The Balaban J connectivity index is 1.35. The van der Waals surface area contributed by atoms with Crippen LogP contribution in [0, 0.1) is 12.8 Å². The van der Waals surface area contributed by atoms with E-state index in [1.54, 1.807) is 24.3 Å². The van der Waals surface area contributed by atoms with Gasteiger partial charge >= 0.3 is 0 Å². The lowest BCUT2D eigenvalue weighted by molar-refractivity contribution is -0.223. The first-order valence-electron chi connectivity index (χ1n) is 14.5. The van der Waals surface area contributed by atoms with Gasteiger partial charge in [0.25, 0.3) is 10.1 Å². The maximum Gasteiger partial charge on any atom is 0.296 e. The van der Waals surface area contributed by atoms with Crippen LogP contribution < -0.4 is 0 Å². The molecule has 1 fully saturated rings. The molecule has 1 aliphatic heterocycles. The summed E-state index contributed by atoms with van der Waals surface area (Å²) in [5, 5.41) is 0. The molecule has 0 saturated carbocycles. The van der Waals surface area contributed by atoms with E-state index >= 15 is 0 Å². The van der Waals surface area contributed by atoms with Crippen LogP contribution in [0.15, 0.2) is 120 Å². The average Bonchev–Trinajstić information content (AvgIpc) is 3.04. The van der Waals surface area contributed by atoms with Crippen LogP contribution >= 0.6 is 0 Å². The second-order valence-electron chi connectivity index (χ2n) is 10.7. The van der Waals surface area contributed by atoms with Crippen LogP contribution in [0.5, 0.6) is 0 Å². The van der Waals surface area contributed by atoms with E-state index in [1.165, 1.54) is 0 Å². The predicted octanol–water partition coefficient (Wildman–Crippen LogP) is 6.10. The van der Waals surface area contributed by atoms with Gasteiger partial charge in [-0.2, -0.15) is 8.42 Å². The highest BCUT2D eigenvalue weighted by molar-refractivity contribution is 7.86. The van der Waals surface area contributed by atoms with Gasteiger partial charge in [0, 0.05) is 5.92 Å². The van der Waals surface area contributed by atoms with E-state index in [0.717, 1.165) is 22.3 Å². The van der Waals surface area contributed by atoms with Crippen molar-refractivity contribution in [2.24, 2.45) is 5.92 Å². The number of rotatable bonds is 14. The van der Waals surface area contributed by atoms with Gasteiger partial charge in [-0.05, 0) is 35.7 Å². The first-order chi connectivity index (χ1) is 21.0. The molecule has 8 heteroatoms. The molecule has 1 heterocycles. The summed E-state index contributed by atoms with van der Waals surface area (Å²) in [5.41, 5.74) is 4.03. The summed E-state index contributed by atoms with van der Waals surface area (Å²) in [7, 11) is -3.97. The highest BCUT2D eigenvalue weighted by Crippen LogP contribution is 2.29. The molecular formula is C35H38O7S. The van der Waals surface area contributed by atoms with Crippen LogP contribution in [-0.2, 0) is 53.1 Å². The Morgan fingerprint density at radius 2 is 1.16 bits per heavy atom. The molecule has 0 aromatic heterocycles. The maximum atomic E-state index is 13.0. The molecule has 4 aromatic carbocycles. The summed E-state index contributed by atoms with van der Waals surface area (Å²) in [6.45, 7) is 3.41. The zero-order valence-electron chi connectivity index (χ0n) is 24.3. The lowest BCUT2D eigenvalue weighted by atomic mass is 9.92. The van der Waals surface area contributed by atoms with E-state index in [1.807, 2.05) is 97.9 Å². The van der Waals surface area contributed by atoms with Crippen molar-refractivity contribution < 1.29 is 31.5 Å². The normalized spacial score (nSPS) is 20.6. The Hall–Kier alpha value is -3.37. The fraction of sp³-hybridized carbons (Fsp3) is 0.314. The molecule has 5 rings (SSSR count). The topological polar surface area (TPSA) is 80.3 Å². The van der Waals surface area contributed by atoms with E-state index in [0.29, 0.717) is 19.8 Å². The van der Waals surface area contributed by atoms with Crippen LogP contribution in [0.3, 0.4) is 0 Å². The molecule has 4 aromatic rings. The van der Waals surface area contributed by atoms with Gasteiger partial charge in [-0.25, -0.2) is 0 Å². The van der Waals surface area contributed by atoms with Gasteiger partial charge in [0.1, 0.15) is 12.2 Å². The molecular weight excluding hydrogens is 564 g/mol. The molecule has 0 aliphatic carbocycles. The highest BCUT2D eigenvalue weighted by atomic mass is 32.2. The quantitative estimate of drug-likeness (QED) is 0.161. The Bertz CT molecular complexity index is 1480. The van der Waals surface area contributed by atoms with Crippen molar-refractivity contribution in [3.05, 3.63) is 138 Å². The standard InChI is InChI=1S/C35H38O7S/c1-27-17-19-32(20-18-27)43(36,37)42-25-31-24-39-33(26-38-21-28-11-5-2-6-12-28)35(41-23-30-15-9-4-10-16-30)34(31)40-22-29-13-7-3-8-14-29/h2-20,31,33-35H,21-26H2,1H3/t31-,33+,34+,35-/m0/s1. The minimum absolute atomic E-state index is 0.112. The van der Waals surface area contributed by atoms with Crippen molar-refractivity contribution in [2.45, 2.75) is 50.0 Å². The Morgan fingerprint density at radius 1 is 0.651 bits per heavy atom. The SMILES string of the molecule is Cc1ccc(S(=O)(=O)OC[C@@H]2CO[C@H](COCc3ccccc3)[C@H](OCc3ccccc3)[C@@H]2OCc2ccccc2)cc1. The van der Waals surface area contributed by atoms with Crippen molar-refractivity contribution in [2.75, 3.05) is 19.8 Å². The first kappa shape index (κ1) is 31.1. The Kier molecular flexibility index (Phi) is 11.1. The Morgan fingerprint density at radius 3 is 1.72 bits per heavy atom. The third-order valence-electron chi connectivity index (χ3n) is 7.39.